The molecule has 2 fully saturated rings. The Balaban J connectivity index is 1.57. The Morgan fingerprint density at radius 3 is 2.88 bits per heavy atom. The third-order valence-electron chi connectivity index (χ3n) is 4.80. The van der Waals surface area contributed by atoms with E-state index in [9.17, 15) is 10.1 Å². The Hall–Kier alpha value is -2.17. The maximum absolute atomic E-state index is 10.9. The van der Waals surface area contributed by atoms with E-state index in [0.717, 1.165) is 31.6 Å². The molecular weight excluding hydrogens is 310 g/mol. The number of nitro benzene ring substituents is 1. The molecule has 3 rings (SSSR count). The van der Waals surface area contributed by atoms with Crippen LogP contribution in [-0.2, 0) is 9.47 Å². The minimum atomic E-state index is -0.552. The largest absolute Gasteiger partial charge is 0.382 e. The summed E-state index contributed by atoms with van der Waals surface area (Å²) in [6.45, 7) is 3.33. The molecule has 7 nitrogen and oxygen atoms in total. The fourth-order valence-electron chi connectivity index (χ4n) is 3.31. The maximum Gasteiger partial charge on any atom is 0.287 e. The molecule has 1 aliphatic heterocycles. The average molecular weight is 331 g/mol. The summed E-state index contributed by atoms with van der Waals surface area (Å²) in [5, 5.41) is 23.1. The van der Waals surface area contributed by atoms with Gasteiger partial charge in [0.25, 0.3) is 5.69 Å². The van der Waals surface area contributed by atoms with Crippen molar-refractivity contribution in [1.82, 2.24) is 0 Å². The number of benzene rings is 1. The van der Waals surface area contributed by atoms with Crippen LogP contribution in [-0.4, -0.2) is 30.0 Å². The van der Waals surface area contributed by atoms with Gasteiger partial charge in [-0.1, -0.05) is 6.92 Å². The van der Waals surface area contributed by atoms with Gasteiger partial charge in [-0.2, -0.15) is 5.26 Å². The molecule has 0 bridgehead atoms. The predicted molar refractivity (Wildman–Crippen MR) is 87.5 cm³/mol. The zero-order valence-corrected chi connectivity index (χ0v) is 13.7. The lowest BCUT2D eigenvalue weighted by molar-refractivity contribution is -0.385. The van der Waals surface area contributed by atoms with Crippen molar-refractivity contribution in [1.29, 1.82) is 5.26 Å². The van der Waals surface area contributed by atoms with Crippen molar-refractivity contribution < 1.29 is 14.4 Å². The van der Waals surface area contributed by atoms with E-state index in [1.165, 1.54) is 12.1 Å². The molecule has 7 heteroatoms. The number of nitriles is 1. The van der Waals surface area contributed by atoms with Crippen molar-refractivity contribution in [2.45, 2.75) is 44.5 Å². The molecule has 1 aromatic carbocycles. The van der Waals surface area contributed by atoms with Crippen molar-refractivity contribution in [2.24, 2.45) is 5.92 Å². The average Bonchev–Trinajstić information content (AvgIpc) is 2.98. The second-order valence-electron chi connectivity index (χ2n) is 6.63. The highest BCUT2D eigenvalue weighted by atomic mass is 16.7. The normalized spacial score (nSPS) is 29.3. The summed E-state index contributed by atoms with van der Waals surface area (Å²) in [7, 11) is 0. The van der Waals surface area contributed by atoms with Gasteiger partial charge >= 0.3 is 0 Å². The van der Waals surface area contributed by atoms with Crippen LogP contribution >= 0.6 is 0 Å². The van der Waals surface area contributed by atoms with Gasteiger partial charge in [0.1, 0.15) is 17.7 Å². The minimum absolute atomic E-state index is 0.0475. The number of rotatable bonds is 4. The van der Waals surface area contributed by atoms with Crippen LogP contribution in [0.1, 0.15) is 38.2 Å². The Bertz CT molecular complexity index is 662. The SMILES string of the molecule is CC1CCC2(CC1)OC[C@@H](CNc1ccc([N+](=O)[O-])c(C#N)c1)O2. The van der Waals surface area contributed by atoms with Crippen LogP contribution in [0.25, 0.3) is 0 Å². The monoisotopic (exact) mass is 331 g/mol. The van der Waals surface area contributed by atoms with Crippen LogP contribution in [0, 0.1) is 27.4 Å². The number of hydrogen-bond acceptors (Lipinski definition) is 6. The van der Waals surface area contributed by atoms with Gasteiger partial charge in [0.15, 0.2) is 5.79 Å². The fraction of sp³-hybridized carbons (Fsp3) is 0.588. The highest BCUT2D eigenvalue weighted by Gasteiger charge is 2.43. The van der Waals surface area contributed by atoms with E-state index >= 15 is 0 Å². The van der Waals surface area contributed by atoms with Gasteiger partial charge in [-0.05, 0) is 30.9 Å². The summed E-state index contributed by atoms with van der Waals surface area (Å²) < 4.78 is 12.0. The lowest BCUT2D eigenvalue weighted by atomic mass is 9.86. The number of nitrogens with zero attached hydrogens (tertiary/aromatic N) is 2. The fourth-order valence-corrected chi connectivity index (χ4v) is 3.31. The van der Waals surface area contributed by atoms with Gasteiger partial charge in [-0.25, -0.2) is 0 Å². The van der Waals surface area contributed by atoms with Crippen LogP contribution in [0.2, 0.25) is 0 Å². The molecule has 1 heterocycles. The van der Waals surface area contributed by atoms with E-state index in [1.807, 2.05) is 6.07 Å². The van der Waals surface area contributed by atoms with Gasteiger partial charge in [-0.15, -0.1) is 0 Å². The van der Waals surface area contributed by atoms with Crippen molar-refractivity contribution in [3.8, 4) is 6.07 Å². The second-order valence-corrected chi connectivity index (χ2v) is 6.63. The number of nitro groups is 1. The van der Waals surface area contributed by atoms with Gasteiger partial charge in [-0.3, -0.25) is 10.1 Å². The summed E-state index contributed by atoms with van der Waals surface area (Å²) in [5.41, 5.74) is 0.532. The molecule has 0 amide bonds. The van der Waals surface area contributed by atoms with Gasteiger partial charge in [0.05, 0.1) is 11.5 Å². The molecule has 2 aliphatic rings. The standard InChI is InChI=1S/C17H21N3O4/c1-12-4-6-17(7-5-12)23-11-15(24-17)10-19-14-2-3-16(20(21)22)13(8-14)9-18/h2-3,8,12,15,19H,4-7,10-11H2,1H3/t12?,15-,17?/m1/s1. The van der Waals surface area contributed by atoms with Gasteiger partial charge in [0, 0.05) is 31.1 Å². The molecule has 1 aliphatic carbocycles. The van der Waals surface area contributed by atoms with Crippen LogP contribution in [0.3, 0.4) is 0 Å². The summed E-state index contributed by atoms with van der Waals surface area (Å²) >= 11 is 0. The smallest absolute Gasteiger partial charge is 0.287 e. The zero-order valence-electron chi connectivity index (χ0n) is 13.7. The summed E-state index contributed by atoms with van der Waals surface area (Å²) in [6.07, 6.45) is 4.04. The van der Waals surface area contributed by atoms with Crippen molar-refractivity contribution in [2.75, 3.05) is 18.5 Å². The molecule has 1 atom stereocenters. The van der Waals surface area contributed by atoms with Crippen molar-refractivity contribution in [3.05, 3.63) is 33.9 Å². The number of hydrogen-bond donors (Lipinski definition) is 1. The first-order valence-electron chi connectivity index (χ1n) is 8.25. The van der Waals surface area contributed by atoms with Gasteiger partial charge < -0.3 is 14.8 Å². The molecule has 1 saturated carbocycles. The molecule has 1 N–H and O–H groups in total. The van der Waals surface area contributed by atoms with E-state index in [4.69, 9.17) is 14.7 Å². The molecule has 1 spiro atoms. The molecule has 1 aromatic rings. The highest BCUT2D eigenvalue weighted by molar-refractivity contribution is 5.58. The van der Waals surface area contributed by atoms with E-state index in [-0.39, 0.29) is 17.4 Å². The first-order chi connectivity index (χ1) is 11.5. The predicted octanol–water partition coefficient (Wildman–Crippen LogP) is 3.20. The lowest BCUT2D eigenvalue weighted by Crippen LogP contribution is -2.36. The van der Waals surface area contributed by atoms with E-state index in [0.29, 0.717) is 18.8 Å². The summed E-state index contributed by atoms with van der Waals surface area (Å²) in [6, 6.07) is 6.30. The molecule has 24 heavy (non-hydrogen) atoms. The van der Waals surface area contributed by atoms with Crippen LogP contribution in [0.15, 0.2) is 18.2 Å². The summed E-state index contributed by atoms with van der Waals surface area (Å²) in [5.74, 6) is 0.302. The summed E-state index contributed by atoms with van der Waals surface area (Å²) in [4.78, 5) is 10.3. The number of ether oxygens (including phenoxy) is 2. The van der Waals surface area contributed by atoms with Crippen molar-refractivity contribution >= 4 is 11.4 Å². The molecule has 0 radical (unpaired) electrons. The topological polar surface area (TPSA) is 97.4 Å². The van der Waals surface area contributed by atoms with Crippen molar-refractivity contribution in [3.63, 3.8) is 0 Å². The Labute approximate surface area is 140 Å². The highest BCUT2D eigenvalue weighted by Crippen LogP contribution is 2.39. The maximum atomic E-state index is 10.9. The zero-order chi connectivity index (χ0) is 17.2. The first-order valence-corrected chi connectivity index (χ1v) is 8.25. The Morgan fingerprint density at radius 1 is 1.46 bits per heavy atom. The third-order valence-corrected chi connectivity index (χ3v) is 4.80. The molecule has 0 aromatic heterocycles. The van der Waals surface area contributed by atoms with E-state index in [1.54, 1.807) is 6.07 Å². The van der Waals surface area contributed by atoms with E-state index in [2.05, 4.69) is 12.2 Å². The third kappa shape index (κ3) is 3.50. The van der Waals surface area contributed by atoms with E-state index < -0.39 is 10.7 Å². The Morgan fingerprint density at radius 2 is 2.21 bits per heavy atom. The first kappa shape index (κ1) is 16.7. The van der Waals surface area contributed by atoms with Crippen LogP contribution < -0.4 is 5.32 Å². The number of anilines is 1. The second kappa shape index (κ2) is 6.75. The molecule has 128 valence electrons. The van der Waals surface area contributed by atoms with Crippen LogP contribution in [0.4, 0.5) is 11.4 Å². The molecule has 0 unspecified atom stereocenters. The Kier molecular flexibility index (Phi) is 4.69. The minimum Gasteiger partial charge on any atom is -0.382 e. The molecular formula is C17H21N3O4. The van der Waals surface area contributed by atoms with Crippen LogP contribution in [0.5, 0.6) is 0 Å². The number of nitrogens with one attached hydrogen (secondary N) is 1. The molecule has 1 saturated heterocycles. The lowest BCUT2D eigenvalue weighted by Gasteiger charge is -2.34. The quantitative estimate of drug-likeness (QED) is 0.672. The van der Waals surface area contributed by atoms with Gasteiger partial charge in [0.2, 0.25) is 0 Å².